The number of amides is 1. The van der Waals surface area contributed by atoms with Gasteiger partial charge in [-0.3, -0.25) is 14.2 Å². The SMILES string of the molecule is CCOC(=O)/C=C/c1ccc(NC(=O)c2ccc3c(=O)n4c(nc3c2)CCCCCC4)cc1. The molecule has 0 atom stereocenters. The molecular formula is C26H27N3O4. The molecule has 33 heavy (non-hydrogen) atoms. The number of aryl methyl sites for hydroxylation is 1. The van der Waals surface area contributed by atoms with E-state index in [1.807, 2.05) is 0 Å². The van der Waals surface area contributed by atoms with Crippen molar-refractivity contribution < 1.29 is 14.3 Å². The highest BCUT2D eigenvalue weighted by Crippen LogP contribution is 2.18. The molecule has 0 aliphatic carbocycles. The van der Waals surface area contributed by atoms with Gasteiger partial charge in [-0.15, -0.1) is 0 Å². The molecule has 0 fully saturated rings. The van der Waals surface area contributed by atoms with Crippen LogP contribution in [0, 0.1) is 0 Å². The van der Waals surface area contributed by atoms with E-state index < -0.39 is 5.97 Å². The lowest BCUT2D eigenvalue weighted by molar-refractivity contribution is -0.137. The summed E-state index contributed by atoms with van der Waals surface area (Å²) in [6, 6.07) is 12.1. The van der Waals surface area contributed by atoms with Gasteiger partial charge in [0.25, 0.3) is 11.5 Å². The van der Waals surface area contributed by atoms with Crippen LogP contribution in [0.15, 0.2) is 53.3 Å². The Kier molecular flexibility index (Phi) is 6.98. The first kappa shape index (κ1) is 22.5. The summed E-state index contributed by atoms with van der Waals surface area (Å²) in [7, 11) is 0. The maximum absolute atomic E-state index is 13.0. The Labute approximate surface area is 192 Å². The standard InChI is InChI=1S/C26H27N3O4/c1-2-33-24(30)15-10-18-8-12-20(13-9-18)27-25(31)19-11-14-21-22(17-19)28-23-7-5-3-4-6-16-29(23)26(21)32/h8-15,17H,2-7,16H2,1H3,(H,27,31)/b15-10+. The van der Waals surface area contributed by atoms with E-state index in [-0.39, 0.29) is 11.5 Å². The van der Waals surface area contributed by atoms with Gasteiger partial charge in [0, 0.05) is 30.3 Å². The zero-order valence-electron chi connectivity index (χ0n) is 18.7. The lowest BCUT2D eigenvalue weighted by Crippen LogP contribution is -2.26. The highest BCUT2D eigenvalue weighted by molar-refractivity contribution is 6.06. The zero-order valence-corrected chi connectivity index (χ0v) is 18.7. The van der Waals surface area contributed by atoms with Crippen LogP contribution in [0.4, 0.5) is 5.69 Å². The van der Waals surface area contributed by atoms with Crippen LogP contribution < -0.4 is 10.9 Å². The maximum atomic E-state index is 13.0. The van der Waals surface area contributed by atoms with E-state index in [0.29, 0.717) is 35.3 Å². The molecule has 3 aromatic rings. The normalized spacial score (nSPS) is 13.8. The van der Waals surface area contributed by atoms with Gasteiger partial charge in [-0.25, -0.2) is 9.78 Å². The lowest BCUT2D eigenvalue weighted by Gasteiger charge is -2.16. The number of nitrogens with one attached hydrogen (secondary N) is 1. The highest BCUT2D eigenvalue weighted by atomic mass is 16.5. The molecule has 0 spiro atoms. The quantitative estimate of drug-likeness (QED) is 0.466. The fourth-order valence-electron chi connectivity index (χ4n) is 3.97. The number of hydrogen-bond acceptors (Lipinski definition) is 5. The van der Waals surface area contributed by atoms with Gasteiger partial charge < -0.3 is 10.1 Å². The second kappa shape index (κ2) is 10.3. The Morgan fingerprint density at radius 2 is 1.88 bits per heavy atom. The van der Waals surface area contributed by atoms with Gasteiger partial charge in [0.1, 0.15) is 5.82 Å². The van der Waals surface area contributed by atoms with Gasteiger partial charge in [0.15, 0.2) is 0 Å². The predicted octanol–water partition coefficient (Wildman–Crippen LogP) is 4.34. The molecule has 4 rings (SSSR count). The van der Waals surface area contributed by atoms with Crippen LogP contribution in [0.2, 0.25) is 0 Å². The van der Waals surface area contributed by atoms with Crippen molar-refractivity contribution in [1.29, 1.82) is 0 Å². The minimum atomic E-state index is -0.396. The third kappa shape index (κ3) is 5.37. The van der Waals surface area contributed by atoms with E-state index in [0.717, 1.165) is 43.5 Å². The molecule has 0 radical (unpaired) electrons. The first-order valence-electron chi connectivity index (χ1n) is 11.3. The van der Waals surface area contributed by atoms with E-state index in [4.69, 9.17) is 9.72 Å². The lowest BCUT2D eigenvalue weighted by atomic mass is 10.1. The van der Waals surface area contributed by atoms with Gasteiger partial charge in [0.05, 0.1) is 17.5 Å². The Balaban J connectivity index is 1.52. The number of carbonyl (C=O) groups is 2. The second-order valence-electron chi connectivity index (χ2n) is 8.04. The maximum Gasteiger partial charge on any atom is 0.330 e. The molecule has 0 bridgehead atoms. The molecule has 0 saturated heterocycles. The summed E-state index contributed by atoms with van der Waals surface area (Å²) < 4.78 is 6.65. The number of nitrogens with zero attached hydrogens (tertiary/aromatic N) is 2. The smallest absolute Gasteiger partial charge is 0.330 e. The molecular weight excluding hydrogens is 418 g/mol. The van der Waals surface area contributed by atoms with Crippen LogP contribution >= 0.6 is 0 Å². The van der Waals surface area contributed by atoms with Crippen LogP contribution in [0.5, 0.6) is 0 Å². The average Bonchev–Trinajstić information content (AvgIpc) is 2.80. The van der Waals surface area contributed by atoms with E-state index in [1.54, 1.807) is 60.0 Å². The average molecular weight is 446 g/mol. The fourth-order valence-corrected chi connectivity index (χ4v) is 3.97. The summed E-state index contributed by atoms with van der Waals surface area (Å²) in [4.78, 5) is 41.9. The third-order valence-electron chi connectivity index (χ3n) is 5.70. The third-order valence-corrected chi connectivity index (χ3v) is 5.70. The van der Waals surface area contributed by atoms with Crippen molar-refractivity contribution in [3.8, 4) is 0 Å². The minimum absolute atomic E-state index is 0.0321. The number of carbonyl (C=O) groups excluding carboxylic acids is 2. The Hall–Kier alpha value is -3.74. The van der Waals surface area contributed by atoms with E-state index >= 15 is 0 Å². The number of esters is 1. The number of rotatable bonds is 5. The van der Waals surface area contributed by atoms with Crippen LogP contribution in [0.25, 0.3) is 17.0 Å². The van der Waals surface area contributed by atoms with Crippen LogP contribution in [-0.2, 0) is 22.5 Å². The number of fused-ring (bicyclic) bond motifs is 2. The van der Waals surface area contributed by atoms with Crippen molar-refractivity contribution in [2.75, 3.05) is 11.9 Å². The van der Waals surface area contributed by atoms with Gasteiger partial charge in [0.2, 0.25) is 0 Å². The van der Waals surface area contributed by atoms with Crippen molar-refractivity contribution in [2.45, 2.75) is 45.6 Å². The van der Waals surface area contributed by atoms with Crippen LogP contribution in [0.3, 0.4) is 0 Å². The molecule has 7 heteroatoms. The summed E-state index contributed by atoms with van der Waals surface area (Å²) in [5.41, 5.74) is 2.40. The van der Waals surface area contributed by atoms with E-state index in [2.05, 4.69) is 5.32 Å². The largest absolute Gasteiger partial charge is 0.463 e. The molecule has 170 valence electrons. The van der Waals surface area contributed by atoms with Crippen molar-refractivity contribution >= 4 is 34.5 Å². The number of ether oxygens (including phenoxy) is 1. The number of anilines is 1. The molecule has 1 aliphatic rings. The number of benzene rings is 2. The molecule has 7 nitrogen and oxygen atoms in total. The summed E-state index contributed by atoms with van der Waals surface area (Å²) in [6.45, 7) is 2.78. The Morgan fingerprint density at radius 1 is 1.09 bits per heavy atom. The van der Waals surface area contributed by atoms with Crippen molar-refractivity contribution in [3.05, 3.63) is 75.8 Å². The topological polar surface area (TPSA) is 90.3 Å². The highest BCUT2D eigenvalue weighted by Gasteiger charge is 2.15. The molecule has 1 aromatic heterocycles. The van der Waals surface area contributed by atoms with Gasteiger partial charge >= 0.3 is 5.97 Å². The van der Waals surface area contributed by atoms with E-state index in [1.165, 1.54) is 6.08 Å². The van der Waals surface area contributed by atoms with Gasteiger partial charge in [-0.2, -0.15) is 0 Å². The monoisotopic (exact) mass is 445 g/mol. The molecule has 2 aromatic carbocycles. The molecule has 1 amide bonds. The predicted molar refractivity (Wildman–Crippen MR) is 128 cm³/mol. The zero-order chi connectivity index (χ0) is 23.2. The fraction of sp³-hybridized carbons (Fsp3) is 0.308. The summed E-state index contributed by atoms with van der Waals surface area (Å²) in [5, 5.41) is 3.40. The molecule has 0 saturated carbocycles. The molecule has 1 aliphatic heterocycles. The minimum Gasteiger partial charge on any atom is -0.463 e. The number of hydrogen-bond donors (Lipinski definition) is 1. The van der Waals surface area contributed by atoms with Gasteiger partial charge in [-0.05, 0) is 61.7 Å². The summed E-state index contributed by atoms with van der Waals surface area (Å²) in [5.74, 6) is 0.128. The molecule has 1 N–H and O–H groups in total. The number of aromatic nitrogens is 2. The summed E-state index contributed by atoms with van der Waals surface area (Å²) in [6.07, 6.45) is 8.07. The van der Waals surface area contributed by atoms with Gasteiger partial charge in [-0.1, -0.05) is 25.0 Å². The van der Waals surface area contributed by atoms with Crippen LogP contribution in [0.1, 0.15) is 54.4 Å². The van der Waals surface area contributed by atoms with Crippen molar-refractivity contribution in [2.24, 2.45) is 0 Å². The Morgan fingerprint density at radius 3 is 2.67 bits per heavy atom. The van der Waals surface area contributed by atoms with Crippen LogP contribution in [-0.4, -0.2) is 28.0 Å². The van der Waals surface area contributed by atoms with Crippen molar-refractivity contribution in [1.82, 2.24) is 9.55 Å². The Bertz CT molecular complexity index is 1260. The second-order valence-corrected chi connectivity index (χ2v) is 8.04. The first-order valence-corrected chi connectivity index (χ1v) is 11.3. The molecule has 0 unspecified atom stereocenters. The van der Waals surface area contributed by atoms with E-state index in [9.17, 15) is 14.4 Å². The summed E-state index contributed by atoms with van der Waals surface area (Å²) >= 11 is 0. The first-order chi connectivity index (χ1) is 16.0. The van der Waals surface area contributed by atoms with Crippen molar-refractivity contribution in [3.63, 3.8) is 0 Å². The molecule has 2 heterocycles.